The second-order valence-corrected chi connectivity index (χ2v) is 7.34. The van der Waals surface area contributed by atoms with Gasteiger partial charge in [0.1, 0.15) is 5.75 Å². The number of hydrogen-bond donors (Lipinski definition) is 0. The molecule has 0 atom stereocenters. The highest BCUT2D eigenvalue weighted by Gasteiger charge is 2.21. The molecule has 2 aromatic carbocycles. The smallest absolute Gasteiger partial charge is 0.222 e. The van der Waals surface area contributed by atoms with Crippen LogP contribution in [0.5, 0.6) is 5.75 Å². The van der Waals surface area contributed by atoms with Crippen LogP contribution in [0.1, 0.15) is 42.1 Å². The van der Waals surface area contributed by atoms with Gasteiger partial charge in [-0.25, -0.2) is 0 Å². The third-order valence-electron chi connectivity index (χ3n) is 5.28. The fourth-order valence-corrected chi connectivity index (χ4v) is 3.65. The van der Waals surface area contributed by atoms with Gasteiger partial charge in [-0.15, -0.1) is 0 Å². The molecule has 0 aromatic heterocycles. The van der Waals surface area contributed by atoms with Gasteiger partial charge < -0.3 is 9.64 Å². The van der Waals surface area contributed by atoms with E-state index >= 15 is 0 Å². The van der Waals surface area contributed by atoms with E-state index < -0.39 is 0 Å². The Morgan fingerprint density at radius 3 is 2.31 bits per heavy atom. The first-order valence-electron chi connectivity index (χ1n) is 10.5. The van der Waals surface area contributed by atoms with E-state index in [0.29, 0.717) is 25.9 Å². The number of amides is 1. The molecule has 0 spiro atoms. The summed E-state index contributed by atoms with van der Waals surface area (Å²) in [5.41, 5.74) is 1.91. The molecule has 5 heteroatoms. The maximum absolute atomic E-state index is 12.5. The van der Waals surface area contributed by atoms with Gasteiger partial charge >= 0.3 is 0 Å². The Kier molecular flexibility index (Phi) is 7.82. The summed E-state index contributed by atoms with van der Waals surface area (Å²) in [4.78, 5) is 28.9. The van der Waals surface area contributed by atoms with Crippen LogP contribution in [-0.2, 0) is 11.3 Å². The average molecular weight is 395 g/mol. The van der Waals surface area contributed by atoms with E-state index in [1.54, 1.807) is 0 Å². The minimum absolute atomic E-state index is 0.108. The Morgan fingerprint density at radius 2 is 1.59 bits per heavy atom. The molecule has 0 unspecified atom stereocenters. The molecular weight excluding hydrogens is 364 g/mol. The van der Waals surface area contributed by atoms with Crippen LogP contribution in [0.2, 0.25) is 0 Å². The van der Waals surface area contributed by atoms with Crippen molar-refractivity contribution in [2.75, 3.05) is 32.8 Å². The largest absolute Gasteiger partial charge is 0.494 e. The lowest BCUT2D eigenvalue weighted by molar-refractivity contribution is -0.133. The lowest BCUT2D eigenvalue weighted by Gasteiger charge is -2.35. The van der Waals surface area contributed by atoms with E-state index in [1.165, 1.54) is 5.56 Å². The summed E-state index contributed by atoms with van der Waals surface area (Å²) in [6.07, 6.45) is 1.46. The lowest BCUT2D eigenvalue weighted by Crippen LogP contribution is -2.48. The van der Waals surface area contributed by atoms with Crippen LogP contribution in [0.15, 0.2) is 54.6 Å². The third-order valence-corrected chi connectivity index (χ3v) is 5.28. The van der Waals surface area contributed by atoms with Gasteiger partial charge in [0.05, 0.1) is 6.61 Å². The summed E-state index contributed by atoms with van der Waals surface area (Å²) in [5, 5.41) is 0. The molecule has 1 heterocycles. The SMILES string of the molecule is CCOc1ccccc1CN1CCN(C(=O)CCCC(=O)c2ccccc2)CC1. The van der Waals surface area contributed by atoms with E-state index in [4.69, 9.17) is 4.74 Å². The molecule has 2 aromatic rings. The molecule has 0 radical (unpaired) electrons. The number of carbonyl (C=O) groups excluding carboxylic acids is 2. The normalized spacial score (nSPS) is 14.6. The predicted molar refractivity (Wildman–Crippen MR) is 114 cm³/mol. The maximum atomic E-state index is 12.5. The number of ether oxygens (including phenoxy) is 1. The van der Waals surface area contributed by atoms with Crippen LogP contribution in [0, 0.1) is 0 Å². The summed E-state index contributed by atoms with van der Waals surface area (Å²) in [7, 11) is 0. The highest BCUT2D eigenvalue weighted by molar-refractivity contribution is 5.96. The van der Waals surface area contributed by atoms with Crippen molar-refractivity contribution in [3.05, 3.63) is 65.7 Å². The lowest BCUT2D eigenvalue weighted by atomic mass is 10.1. The Hall–Kier alpha value is -2.66. The summed E-state index contributed by atoms with van der Waals surface area (Å²) in [6.45, 7) is 6.68. The van der Waals surface area contributed by atoms with Crippen LogP contribution in [0.25, 0.3) is 0 Å². The first kappa shape index (κ1) is 21.1. The number of Topliss-reactive ketones (excluding diaryl/α,β-unsaturated/α-hetero) is 1. The third kappa shape index (κ3) is 6.16. The van der Waals surface area contributed by atoms with Crippen molar-refractivity contribution in [2.45, 2.75) is 32.7 Å². The first-order chi connectivity index (χ1) is 14.2. The monoisotopic (exact) mass is 394 g/mol. The molecule has 5 nitrogen and oxygen atoms in total. The van der Waals surface area contributed by atoms with E-state index in [1.807, 2.05) is 60.4 Å². The van der Waals surface area contributed by atoms with Crippen molar-refractivity contribution >= 4 is 11.7 Å². The van der Waals surface area contributed by atoms with Gasteiger partial charge in [-0.3, -0.25) is 14.5 Å². The molecule has 3 rings (SSSR count). The average Bonchev–Trinajstić information content (AvgIpc) is 2.76. The van der Waals surface area contributed by atoms with Crippen LogP contribution in [-0.4, -0.2) is 54.3 Å². The van der Waals surface area contributed by atoms with E-state index in [2.05, 4.69) is 11.0 Å². The number of rotatable bonds is 9. The Balaban J connectivity index is 1.40. The molecule has 29 heavy (non-hydrogen) atoms. The van der Waals surface area contributed by atoms with Crippen molar-refractivity contribution in [3.63, 3.8) is 0 Å². The topological polar surface area (TPSA) is 49.9 Å². The van der Waals surface area contributed by atoms with E-state index in [0.717, 1.165) is 44.0 Å². The van der Waals surface area contributed by atoms with E-state index in [9.17, 15) is 9.59 Å². The molecule has 1 aliphatic rings. The first-order valence-corrected chi connectivity index (χ1v) is 10.5. The Labute approximate surface area is 173 Å². The van der Waals surface area contributed by atoms with Gasteiger partial charge in [-0.2, -0.15) is 0 Å². The second-order valence-electron chi connectivity index (χ2n) is 7.34. The summed E-state index contributed by atoms with van der Waals surface area (Å²) >= 11 is 0. The molecule has 1 amide bonds. The molecule has 1 aliphatic heterocycles. The molecule has 0 saturated carbocycles. The fraction of sp³-hybridized carbons (Fsp3) is 0.417. The number of hydrogen-bond acceptors (Lipinski definition) is 4. The molecule has 0 aliphatic carbocycles. The zero-order chi connectivity index (χ0) is 20.5. The Bertz CT molecular complexity index is 799. The number of piperazine rings is 1. The molecule has 1 saturated heterocycles. The minimum Gasteiger partial charge on any atom is -0.494 e. The van der Waals surface area contributed by atoms with Crippen molar-refractivity contribution in [1.29, 1.82) is 0 Å². The van der Waals surface area contributed by atoms with Crippen molar-refractivity contribution < 1.29 is 14.3 Å². The summed E-state index contributed by atoms with van der Waals surface area (Å²) < 4.78 is 5.71. The minimum atomic E-state index is 0.108. The molecule has 154 valence electrons. The van der Waals surface area contributed by atoms with Gasteiger partial charge in [0.2, 0.25) is 5.91 Å². The van der Waals surface area contributed by atoms with Gasteiger partial charge in [-0.05, 0) is 19.4 Å². The van der Waals surface area contributed by atoms with Crippen LogP contribution in [0.3, 0.4) is 0 Å². The zero-order valence-electron chi connectivity index (χ0n) is 17.2. The van der Waals surface area contributed by atoms with Crippen molar-refractivity contribution in [1.82, 2.24) is 9.80 Å². The predicted octanol–water partition coefficient (Wildman–Crippen LogP) is 3.78. The van der Waals surface area contributed by atoms with Gasteiger partial charge in [0.15, 0.2) is 5.78 Å². The van der Waals surface area contributed by atoms with Crippen molar-refractivity contribution in [3.8, 4) is 5.75 Å². The van der Waals surface area contributed by atoms with Gasteiger partial charge in [-0.1, -0.05) is 48.5 Å². The standard InChI is InChI=1S/C24H30N2O3/c1-2-29-23-13-7-6-11-21(23)19-25-15-17-26(18-16-25)24(28)14-8-12-22(27)20-9-4-3-5-10-20/h3-7,9-11,13H,2,8,12,14-19H2,1H3. The number of carbonyl (C=O) groups is 2. The van der Waals surface area contributed by atoms with Crippen LogP contribution >= 0.6 is 0 Å². The number of ketones is 1. The number of para-hydroxylation sites is 1. The molecule has 1 fully saturated rings. The van der Waals surface area contributed by atoms with Crippen LogP contribution in [0.4, 0.5) is 0 Å². The quantitative estimate of drug-likeness (QED) is 0.608. The second kappa shape index (κ2) is 10.8. The van der Waals surface area contributed by atoms with Gasteiger partial charge in [0.25, 0.3) is 0 Å². The number of benzene rings is 2. The zero-order valence-corrected chi connectivity index (χ0v) is 17.2. The fourth-order valence-electron chi connectivity index (χ4n) is 3.65. The summed E-state index contributed by atoms with van der Waals surface area (Å²) in [5.74, 6) is 1.20. The number of nitrogens with zero attached hydrogens (tertiary/aromatic N) is 2. The molecule has 0 N–H and O–H groups in total. The molecular formula is C24H30N2O3. The summed E-state index contributed by atoms with van der Waals surface area (Å²) in [6, 6.07) is 17.4. The van der Waals surface area contributed by atoms with Gasteiger partial charge in [0, 0.05) is 56.7 Å². The highest BCUT2D eigenvalue weighted by atomic mass is 16.5. The van der Waals surface area contributed by atoms with Crippen molar-refractivity contribution in [2.24, 2.45) is 0 Å². The molecule has 0 bridgehead atoms. The highest BCUT2D eigenvalue weighted by Crippen LogP contribution is 2.20. The van der Waals surface area contributed by atoms with E-state index in [-0.39, 0.29) is 11.7 Å². The maximum Gasteiger partial charge on any atom is 0.222 e. The Morgan fingerprint density at radius 1 is 0.897 bits per heavy atom. The van der Waals surface area contributed by atoms with Crippen LogP contribution < -0.4 is 4.74 Å².